The molecule has 0 aliphatic heterocycles. The first-order chi connectivity index (χ1) is 9.54. The highest BCUT2D eigenvalue weighted by Crippen LogP contribution is 2.30. The van der Waals surface area contributed by atoms with E-state index in [0.29, 0.717) is 17.5 Å². The molecular formula is C15H24N4O. The number of rotatable bonds is 4. The summed E-state index contributed by atoms with van der Waals surface area (Å²) in [6.45, 7) is 0.728. The van der Waals surface area contributed by atoms with Crippen molar-refractivity contribution in [3.63, 3.8) is 0 Å². The molecule has 1 aliphatic rings. The Kier molecular flexibility index (Phi) is 4.60. The molecule has 5 nitrogen and oxygen atoms in total. The Hall–Kier alpha value is -1.62. The molecule has 2 unspecified atom stereocenters. The van der Waals surface area contributed by atoms with Gasteiger partial charge in [0.15, 0.2) is 0 Å². The monoisotopic (exact) mass is 276 g/mol. The van der Waals surface area contributed by atoms with Gasteiger partial charge in [-0.15, -0.1) is 0 Å². The van der Waals surface area contributed by atoms with Crippen LogP contribution >= 0.6 is 0 Å². The smallest absolute Gasteiger partial charge is 0.254 e. The van der Waals surface area contributed by atoms with Gasteiger partial charge in [-0.3, -0.25) is 4.79 Å². The molecule has 1 fully saturated rings. The van der Waals surface area contributed by atoms with Crippen molar-refractivity contribution < 1.29 is 4.79 Å². The lowest BCUT2D eigenvalue weighted by molar-refractivity contribution is 0.0827. The van der Waals surface area contributed by atoms with Crippen molar-refractivity contribution in [1.82, 2.24) is 9.88 Å². The molecule has 2 atom stereocenters. The van der Waals surface area contributed by atoms with Crippen LogP contribution in [0.5, 0.6) is 0 Å². The van der Waals surface area contributed by atoms with Crippen molar-refractivity contribution in [2.45, 2.75) is 25.3 Å². The SMILES string of the molecule is CN(C)C(=O)c1ccc(N(C)C2CCCC2CN)nc1. The van der Waals surface area contributed by atoms with Crippen molar-refractivity contribution in [3.05, 3.63) is 23.9 Å². The summed E-state index contributed by atoms with van der Waals surface area (Å²) in [4.78, 5) is 20.0. The van der Waals surface area contributed by atoms with Crippen LogP contribution in [-0.2, 0) is 0 Å². The minimum Gasteiger partial charge on any atom is -0.356 e. The normalized spacial score (nSPS) is 21.8. The minimum atomic E-state index is -0.0209. The molecule has 0 bridgehead atoms. The molecule has 0 aromatic carbocycles. The summed E-state index contributed by atoms with van der Waals surface area (Å²) in [7, 11) is 5.55. The molecule has 5 heteroatoms. The fourth-order valence-electron chi connectivity index (χ4n) is 2.95. The molecule has 1 aromatic heterocycles. The number of carbonyl (C=O) groups excluding carboxylic acids is 1. The van der Waals surface area contributed by atoms with Crippen molar-refractivity contribution in [2.75, 3.05) is 32.6 Å². The Morgan fingerprint density at radius 3 is 2.65 bits per heavy atom. The van der Waals surface area contributed by atoms with E-state index < -0.39 is 0 Å². The van der Waals surface area contributed by atoms with E-state index in [9.17, 15) is 4.79 Å². The summed E-state index contributed by atoms with van der Waals surface area (Å²) in [5.74, 6) is 1.43. The summed E-state index contributed by atoms with van der Waals surface area (Å²) in [6, 6.07) is 4.22. The highest BCUT2D eigenvalue weighted by Gasteiger charge is 2.30. The lowest BCUT2D eigenvalue weighted by atomic mass is 10.0. The lowest BCUT2D eigenvalue weighted by Gasteiger charge is -2.30. The molecule has 1 amide bonds. The topological polar surface area (TPSA) is 62.5 Å². The molecule has 2 N–H and O–H groups in total. The first-order valence-electron chi connectivity index (χ1n) is 7.15. The van der Waals surface area contributed by atoms with Crippen LogP contribution in [0.2, 0.25) is 0 Å². The lowest BCUT2D eigenvalue weighted by Crippen LogP contribution is -2.38. The van der Waals surface area contributed by atoms with Gasteiger partial charge in [-0.2, -0.15) is 0 Å². The first-order valence-corrected chi connectivity index (χ1v) is 7.15. The molecule has 0 radical (unpaired) electrons. The maximum absolute atomic E-state index is 11.8. The predicted octanol–water partition coefficient (Wildman–Crippen LogP) is 1.35. The van der Waals surface area contributed by atoms with E-state index >= 15 is 0 Å². The second-order valence-corrected chi connectivity index (χ2v) is 5.71. The zero-order valence-electron chi connectivity index (χ0n) is 12.5. The third-order valence-electron chi connectivity index (χ3n) is 4.18. The van der Waals surface area contributed by atoms with Gasteiger partial charge in [0.2, 0.25) is 0 Å². The highest BCUT2D eigenvalue weighted by atomic mass is 16.2. The van der Waals surface area contributed by atoms with Crippen LogP contribution < -0.4 is 10.6 Å². The highest BCUT2D eigenvalue weighted by molar-refractivity contribution is 5.93. The minimum absolute atomic E-state index is 0.0209. The van der Waals surface area contributed by atoms with Gasteiger partial charge < -0.3 is 15.5 Å². The van der Waals surface area contributed by atoms with Crippen molar-refractivity contribution >= 4 is 11.7 Å². The number of pyridine rings is 1. The van der Waals surface area contributed by atoms with Crippen LogP contribution in [0, 0.1) is 5.92 Å². The van der Waals surface area contributed by atoms with Gasteiger partial charge in [-0.05, 0) is 37.4 Å². The van der Waals surface area contributed by atoms with Crippen molar-refractivity contribution in [2.24, 2.45) is 11.7 Å². The summed E-state index contributed by atoms with van der Waals surface area (Å²) in [5, 5.41) is 0. The predicted molar refractivity (Wildman–Crippen MR) is 80.8 cm³/mol. The van der Waals surface area contributed by atoms with Crippen LogP contribution in [0.15, 0.2) is 18.3 Å². The van der Waals surface area contributed by atoms with Crippen LogP contribution in [-0.4, -0.2) is 49.5 Å². The number of aromatic nitrogens is 1. The van der Waals surface area contributed by atoms with E-state index in [0.717, 1.165) is 12.4 Å². The number of nitrogens with two attached hydrogens (primary N) is 1. The average Bonchev–Trinajstić information content (AvgIpc) is 2.94. The largest absolute Gasteiger partial charge is 0.356 e. The summed E-state index contributed by atoms with van der Waals surface area (Å²) < 4.78 is 0. The van der Waals surface area contributed by atoms with E-state index in [1.54, 1.807) is 25.2 Å². The fraction of sp³-hybridized carbons (Fsp3) is 0.600. The standard InChI is InChI=1S/C15H24N4O/c1-18(2)15(20)12-7-8-14(17-10-12)19(3)13-6-4-5-11(13)9-16/h7-8,10-11,13H,4-6,9,16H2,1-3H3. The molecule has 1 heterocycles. The third-order valence-corrected chi connectivity index (χ3v) is 4.18. The maximum atomic E-state index is 11.8. The van der Waals surface area contributed by atoms with Crippen LogP contribution in [0.3, 0.4) is 0 Å². The Labute approximate surface area is 120 Å². The molecule has 110 valence electrons. The number of hydrogen-bond donors (Lipinski definition) is 1. The fourth-order valence-corrected chi connectivity index (χ4v) is 2.95. The van der Waals surface area contributed by atoms with Crippen molar-refractivity contribution in [1.29, 1.82) is 0 Å². The Bertz CT molecular complexity index is 457. The van der Waals surface area contributed by atoms with Gasteiger partial charge in [0.1, 0.15) is 5.82 Å². The molecule has 1 saturated carbocycles. The molecule has 1 aromatic rings. The summed E-state index contributed by atoms with van der Waals surface area (Å²) in [5.41, 5.74) is 6.46. The zero-order valence-corrected chi connectivity index (χ0v) is 12.5. The van der Waals surface area contributed by atoms with Gasteiger partial charge in [-0.25, -0.2) is 4.98 Å². The zero-order chi connectivity index (χ0) is 14.7. The van der Waals surface area contributed by atoms with E-state index in [-0.39, 0.29) is 5.91 Å². The first kappa shape index (κ1) is 14.8. The molecule has 0 spiro atoms. The van der Waals surface area contributed by atoms with E-state index in [1.807, 2.05) is 12.1 Å². The molecule has 20 heavy (non-hydrogen) atoms. The second kappa shape index (κ2) is 6.22. The molecule has 0 saturated heterocycles. The van der Waals surface area contributed by atoms with Gasteiger partial charge in [-0.1, -0.05) is 6.42 Å². The van der Waals surface area contributed by atoms with E-state index in [2.05, 4.69) is 16.9 Å². The van der Waals surface area contributed by atoms with Gasteiger partial charge in [0.25, 0.3) is 5.91 Å². The Balaban J connectivity index is 2.11. The number of hydrogen-bond acceptors (Lipinski definition) is 4. The number of carbonyl (C=O) groups is 1. The van der Waals surface area contributed by atoms with Gasteiger partial charge >= 0.3 is 0 Å². The van der Waals surface area contributed by atoms with Gasteiger partial charge in [0.05, 0.1) is 5.56 Å². The van der Waals surface area contributed by atoms with Crippen LogP contribution in [0.1, 0.15) is 29.6 Å². The van der Waals surface area contributed by atoms with E-state index in [4.69, 9.17) is 5.73 Å². The van der Waals surface area contributed by atoms with Crippen molar-refractivity contribution in [3.8, 4) is 0 Å². The maximum Gasteiger partial charge on any atom is 0.254 e. The van der Waals surface area contributed by atoms with E-state index in [1.165, 1.54) is 19.3 Å². The summed E-state index contributed by atoms with van der Waals surface area (Å²) >= 11 is 0. The Morgan fingerprint density at radius 1 is 1.35 bits per heavy atom. The quantitative estimate of drug-likeness (QED) is 0.901. The second-order valence-electron chi connectivity index (χ2n) is 5.71. The van der Waals surface area contributed by atoms with Crippen LogP contribution in [0.25, 0.3) is 0 Å². The average molecular weight is 276 g/mol. The van der Waals surface area contributed by atoms with Crippen LogP contribution in [0.4, 0.5) is 5.82 Å². The third kappa shape index (κ3) is 2.93. The number of nitrogens with zero attached hydrogens (tertiary/aromatic N) is 3. The molecule has 1 aliphatic carbocycles. The Morgan fingerprint density at radius 2 is 2.10 bits per heavy atom. The number of amides is 1. The molecular weight excluding hydrogens is 252 g/mol. The summed E-state index contributed by atoms with van der Waals surface area (Å²) in [6.07, 6.45) is 5.25. The number of anilines is 1. The molecule has 2 rings (SSSR count). The van der Waals surface area contributed by atoms with Gasteiger partial charge in [0, 0.05) is 33.4 Å².